The van der Waals surface area contributed by atoms with Gasteiger partial charge in [-0.3, -0.25) is 4.57 Å². The highest BCUT2D eigenvalue weighted by Crippen LogP contribution is 2.65. The van der Waals surface area contributed by atoms with Crippen LogP contribution in [-0.4, -0.2) is 11.8 Å². The van der Waals surface area contributed by atoms with E-state index < -0.39 is 12.5 Å². The molecule has 0 bridgehead atoms. The average Bonchev–Trinajstić information content (AvgIpc) is 2.30. The third-order valence-electron chi connectivity index (χ3n) is 3.36. The van der Waals surface area contributed by atoms with Crippen LogP contribution in [0.1, 0.15) is 26.2 Å². The molecule has 0 radical (unpaired) electrons. The lowest BCUT2D eigenvalue weighted by Gasteiger charge is -2.41. The summed E-state index contributed by atoms with van der Waals surface area (Å²) < 4.78 is 18.7. The Morgan fingerprint density at radius 1 is 1.41 bits per heavy atom. The van der Waals surface area contributed by atoms with Crippen molar-refractivity contribution in [3.63, 3.8) is 0 Å². The van der Waals surface area contributed by atoms with E-state index >= 15 is 0 Å². The van der Waals surface area contributed by atoms with E-state index in [2.05, 4.69) is 6.07 Å². The van der Waals surface area contributed by atoms with Gasteiger partial charge in [0.05, 0.1) is 12.7 Å². The second-order valence-electron chi connectivity index (χ2n) is 4.30. The average molecular weight is 249 g/mol. The van der Waals surface area contributed by atoms with E-state index in [9.17, 15) is 9.83 Å². The van der Waals surface area contributed by atoms with Crippen molar-refractivity contribution in [1.82, 2.24) is 0 Å². The van der Waals surface area contributed by atoms with Crippen LogP contribution in [0, 0.1) is 11.3 Å². The molecule has 3 nitrogen and oxygen atoms in total. The molecule has 1 fully saturated rings. The molecule has 90 valence electrons. The van der Waals surface area contributed by atoms with Gasteiger partial charge in [-0.05, 0) is 38.3 Å². The SMILES string of the molecule is CCO[P@](=O)(c1ccccc1)C1(C#N)CCC1. The number of benzene rings is 1. The summed E-state index contributed by atoms with van der Waals surface area (Å²) in [7, 11) is -3.07. The van der Waals surface area contributed by atoms with Crippen molar-refractivity contribution in [3.05, 3.63) is 30.3 Å². The molecule has 1 aromatic carbocycles. The summed E-state index contributed by atoms with van der Waals surface area (Å²) in [5.41, 5.74) is 0. The zero-order valence-corrected chi connectivity index (χ0v) is 10.8. The first kappa shape index (κ1) is 12.4. The predicted octanol–water partition coefficient (Wildman–Crippen LogP) is 3.07. The van der Waals surface area contributed by atoms with E-state index in [-0.39, 0.29) is 0 Å². The fourth-order valence-electron chi connectivity index (χ4n) is 2.23. The summed E-state index contributed by atoms with van der Waals surface area (Å²) in [6, 6.07) is 11.4. The molecule has 1 atom stereocenters. The van der Waals surface area contributed by atoms with E-state index in [0.717, 1.165) is 6.42 Å². The van der Waals surface area contributed by atoms with Crippen molar-refractivity contribution in [2.45, 2.75) is 31.3 Å². The van der Waals surface area contributed by atoms with Crippen molar-refractivity contribution in [1.29, 1.82) is 5.26 Å². The molecule has 1 saturated carbocycles. The maximum Gasteiger partial charge on any atom is 0.251 e. The van der Waals surface area contributed by atoms with Crippen LogP contribution in [0.25, 0.3) is 0 Å². The van der Waals surface area contributed by atoms with Gasteiger partial charge in [0.2, 0.25) is 0 Å². The summed E-state index contributed by atoms with van der Waals surface area (Å²) in [6.45, 7) is 2.19. The number of hydrogen-bond acceptors (Lipinski definition) is 3. The number of rotatable bonds is 4. The molecule has 1 aliphatic carbocycles. The minimum atomic E-state index is -3.07. The van der Waals surface area contributed by atoms with Gasteiger partial charge in [0.25, 0.3) is 7.37 Å². The highest BCUT2D eigenvalue weighted by molar-refractivity contribution is 7.68. The van der Waals surface area contributed by atoms with Crippen LogP contribution in [0.15, 0.2) is 30.3 Å². The minimum absolute atomic E-state index is 0.371. The quantitative estimate of drug-likeness (QED) is 0.770. The van der Waals surface area contributed by atoms with E-state index in [0.29, 0.717) is 24.8 Å². The number of nitriles is 1. The lowest BCUT2D eigenvalue weighted by atomic mass is 9.86. The molecule has 0 heterocycles. The van der Waals surface area contributed by atoms with E-state index in [1.807, 2.05) is 25.1 Å². The maximum absolute atomic E-state index is 13.1. The standard InChI is InChI=1S/C13H16NO2P/c1-2-16-17(15,12-7-4-3-5-8-12)13(11-14)9-6-10-13/h3-5,7-8H,2,6,9-10H2,1H3/t17-/m1/s1. The smallest absolute Gasteiger partial charge is 0.251 e. The molecule has 1 aliphatic rings. The van der Waals surface area contributed by atoms with Crippen molar-refractivity contribution < 1.29 is 9.09 Å². The molecule has 0 aliphatic heterocycles. The summed E-state index contributed by atoms with van der Waals surface area (Å²) in [6.07, 6.45) is 2.31. The Labute approximate surface area is 102 Å². The van der Waals surface area contributed by atoms with Gasteiger partial charge < -0.3 is 4.52 Å². The van der Waals surface area contributed by atoms with Gasteiger partial charge in [-0.15, -0.1) is 0 Å². The van der Waals surface area contributed by atoms with Gasteiger partial charge in [-0.25, -0.2) is 0 Å². The second kappa shape index (κ2) is 4.64. The lowest BCUT2D eigenvalue weighted by Crippen LogP contribution is -2.39. The molecule has 0 amide bonds. The molecule has 0 N–H and O–H groups in total. The van der Waals surface area contributed by atoms with Crippen molar-refractivity contribution in [2.75, 3.05) is 6.61 Å². The third-order valence-corrected chi connectivity index (χ3v) is 6.63. The fourth-order valence-corrected chi connectivity index (χ4v) is 5.09. The first-order valence-electron chi connectivity index (χ1n) is 5.90. The Bertz CT molecular complexity index is 474. The highest BCUT2D eigenvalue weighted by Gasteiger charge is 2.55. The van der Waals surface area contributed by atoms with Crippen molar-refractivity contribution in [2.24, 2.45) is 0 Å². The van der Waals surface area contributed by atoms with E-state index in [4.69, 9.17) is 4.52 Å². The van der Waals surface area contributed by atoms with Gasteiger partial charge in [0.1, 0.15) is 5.16 Å². The second-order valence-corrected chi connectivity index (χ2v) is 7.04. The van der Waals surface area contributed by atoms with Crippen LogP contribution in [0.5, 0.6) is 0 Å². The van der Waals surface area contributed by atoms with Gasteiger partial charge >= 0.3 is 0 Å². The largest absolute Gasteiger partial charge is 0.324 e. The Morgan fingerprint density at radius 3 is 2.47 bits per heavy atom. The number of hydrogen-bond donors (Lipinski definition) is 0. The van der Waals surface area contributed by atoms with Crippen LogP contribution < -0.4 is 5.30 Å². The van der Waals surface area contributed by atoms with Gasteiger partial charge in [-0.1, -0.05) is 18.2 Å². The van der Waals surface area contributed by atoms with Crippen LogP contribution in [0.2, 0.25) is 0 Å². The first-order chi connectivity index (χ1) is 8.18. The molecular formula is C13H16NO2P. The maximum atomic E-state index is 13.1. The molecule has 0 unspecified atom stereocenters. The Morgan fingerprint density at radius 2 is 2.06 bits per heavy atom. The number of nitrogens with zero attached hydrogens (tertiary/aromatic N) is 1. The van der Waals surface area contributed by atoms with Crippen LogP contribution in [0.3, 0.4) is 0 Å². The molecule has 0 saturated heterocycles. The summed E-state index contributed by atoms with van der Waals surface area (Å²) in [4.78, 5) is 0. The summed E-state index contributed by atoms with van der Waals surface area (Å²) in [5, 5.41) is 9.24. The normalized spacial score (nSPS) is 20.9. The summed E-state index contributed by atoms with van der Waals surface area (Å²) in [5.74, 6) is 0. The lowest BCUT2D eigenvalue weighted by molar-refractivity contribution is 0.294. The monoisotopic (exact) mass is 249 g/mol. The molecule has 1 aromatic rings. The minimum Gasteiger partial charge on any atom is -0.324 e. The van der Waals surface area contributed by atoms with Gasteiger partial charge in [-0.2, -0.15) is 5.26 Å². The third kappa shape index (κ3) is 1.82. The Balaban J connectivity index is 2.47. The molecule has 4 heteroatoms. The Hall–Kier alpha value is -1.10. The zero-order valence-electron chi connectivity index (χ0n) is 9.93. The predicted molar refractivity (Wildman–Crippen MR) is 67.5 cm³/mol. The van der Waals surface area contributed by atoms with Crippen LogP contribution >= 0.6 is 7.37 Å². The van der Waals surface area contributed by atoms with Crippen molar-refractivity contribution >= 4 is 12.7 Å². The highest BCUT2D eigenvalue weighted by atomic mass is 31.2. The summed E-state index contributed by atoms with van der Waals surface area (Å²) >= 11 is 0. The molecule has 0 spiro atoms. The molecule has 17 heavy (non-hydrogen) atoms. The van der Waals surface area contributed by atoms with Gasteiger partial charge in [0.15, 0.2) is 0 Å². The van der Waals surface area contributed by atoms with E-state index in [1.54, 1.807) is 12.1 Å². The molecule has 2 rings (SSSR count). The first-order valence-corrected chi connectivity index (χ1v) is 7.52. The molecule has 0 aromatic heterocycles. The zero-order chi connectivity index (χ0) is 12.4. The van der Waals surface area contributed by atoms with Gasteiger partial charge in [0, 0.05) is 5.30 Å². The van der Waals surface area contributed by atoms with E-state index in [1.165, 1.54) is 0 Å². The topological polar surface area (TPSA) is 50.1 Å². The van der Waals surface area contributed by atoms with Crippen molar-refractivity contribution in [3.8, 4) is 6.07 Å². The Kier molecular flexibility index (Phi) is 3.38. The van der Waals surface area contributed by atoms with Crippen LogP contribution in [0.4, 0.5) is 0 Å². The molecular weight excluding hydrogens is 233 g/mol. The van der Waals surface area contributed by atoms with Crippen LogP contribution in [-0.2, 0) is 9.09 Å². The fraction of sp³-hybridized carbons (Fsp3) is 0.462.